The summed E-state index contributed by atoms with van der Waals surface area (Å²) < 4.78 is 5.84. The minimum atomic E-state index is -0.631. The molecule has 0 saturated heterocycles. The molecule has 0 saturated carbocycles. The lowest BCUT2D eigenvalue weighted by Crippen LogP contribution is -2.34. The van der Waals surface area contributed by atoms with Gasteiger partial charge in [0.15, 0.2) is 5.78 Å². The van der Waals surface area contributed by atoms with Crippen LogP contribution < -0.4 is 4.74 Å². The molecule has 0 aliphatic rings. The van der Waals surface area contributed by atoms with E-state index in [0.717, 1.165) is 18.5 Å². The molecule has 4 heteroatoms. The third-order valence-corrected chi connectivity index (χ3v) is 5.25. The fourth-order valence-corrected chi connectivity index (χ4v) is 3.51. The SMILES string of the molecule is CN(CCc1ccccc1)CC(O)COc1ccccc1C(=O)CCc1ccccc1. The number of Topliss-reactive ketones (excluding diaryl/α,β-unsaturated/α-hetero) is 1. The highest BCUT2D eigenvalue weighted by molar-refractivity contribution is 5.98. The molecule has 4 nitrogen and oxygen atoms in total. The van der Waals surface area contributed by atoms with E-state index < -0.39 is 6.10 Å². The Labute approximate surface area is 185 Å². The Hall–Kier alpha value is -2.95. The summed E-state index contributed by atoms with van der Waals surface area (Å²) in [5, 5.41) is 10.4. The van der Waals surface area contributed by atoms with Crippen molar-refractivity contribution in [3.63, 3.8) is 0 Å². The Kier molecular flexibility index (Phi) is 8.83. The molecule has 1 unspecified atom stereocenters. The van der Waals surface area contributed by atoms with Gasteiger partial charge in [0.2, 0.25) is 0 Å². The van der Waals surface area contributed by atoms with Gasteiger partial charge in [-0.15, -0.1) is 0 Å². The number of likely N-dealkylation sites (N-methyl/N-ethyl adjacent to an activating group) is 1. The average Bonchev–Trinajstić information content (AvgIpc) is 2.81. The van der Waals surface area contributed by atoms with Gasteiger partial charge in [-0.05, 0) is 43.1 Å². The van der Waals surface area contributed by atoms with E-state index in [0.29, 0.717) is 30.7 Å². The van der Waals surface area contributed by atoms with Crippen LogP contribution in [0.5, 0.6) is 5.75 Å². The topological polar surface area (TPSA) is 49.8 Å². The largest absolute Gasteiger partial charge is 0.490 e. The minimum Gasteiger partial charge on any atom is -0.490 e. The quantitative estimate of drug-likeness (QED) is 0.443. The molecule has 3 aromatic rings. The molecule has 1 atom stereocenters. The van der Waals surface area contributed by atoms with Gasteiger partial charge in [0.1, 0.15) is 18.5 Å². The molecule has 1 N–H and O–H groups in total. The third-order valence-electron chi connectivity index (χ3n) is 5.25. The lowest BCUT2D eigenvalue weighted by molar-refractivity contribution is 0.0754. The molecule has 0 aromatic heterocycles. The summed E-state index contributed by atoms with van der Waals surface area (Å²) in [5.41, 5.74) is 2.99. The van der Waals surface area contributed by atoms with Crippen molar-refractivity contribution in [3.8, 4) is 5.75 Å². The van der Waals surface area contributed by atoms with E-state index in [4.69, 9.17) is 4.74 Å². The zero-order chi connectivity index (χ0) is 21.9. The number of nitrogens with zero attached hydrogens (tertiary/aromatic N) is 1. The van der Waals surface area contributed by atoms with E-state index in [1.807, 2.05) is 67.7 Å². The molecule has 0 spiro atoms. The summed E-state index contributed by atoms with van der Waals surface area (Å²) in [6.07, 6.45) is 1.43. The number of hydrogen-bond donors (Lipinski definition) is 1. The number of rotatable bonds is 12. The standard InChI is InChI=1S/C27H31NO3/c1-28(19-18-23-12-6-3-7-13-23)20-24(29)21-31-27-15-9-8-14-25(27)26(30)17-16-22-10-4-2-5-11-22/h2-15,24,29H,16-21H2,1H3. The van der Waals surface area contributed by atoms with Crippen molar-refractivity contribution in [1.82, 2.24) is 4.90 Å². The lowest BCUT2D eigenvalue weighted by atomic mass is 10.0. The summed E-state index contributed by atoms with van der Waals surface area (Å²) in [5.74, 6) is 0.584. The number of carbonyl (C=O) groups excluding carboxylic acids is 1. The molecular weight excluding hydrogens is 386 g/mol. The van der Waals surface area contributed by atoms with Crippen molar-refractivity contribution in [2.75, 3.05) is 26.7 Å². The first kappa shape index (κ1) is 22.7. The van der Waals surface area contributed by atoms with Gasteiger partial charge in [-0.2, -0.15) is 0 Å². The number of aryl methyl sites for hydroxylation is 1. The molecule has 162 valence electrons. The maximum Gasteiger partial charge on any atom is 0.166 e. The first-order chi connectivity index (χ1) is 15.1. The number of hydrogen-bond acceptors (Lipinski definition) is 4. The summed E-state index contributed by atoms with van der Waals surface area (Å²) in [6, 6.07) is 27.6. The van der Waals surface area contributed by atoms with Crippen molar-refractivity contribution >= 4 is 5.78 Å². The molecule has 3 aromatic carbocycles. The number of benzene rings is 3. The minimum absolute atomic E-state index is 0.0499. The van der Waals surface area contributed by atoms with Gasteiger partial charge in [0, 0.05) is 19.5 Å². The Morgan fingerprint density at radius 1 is 0.871 bits per heavy atom. The van der Waals surface area contributed by atoms with Gasteiger partial charge in [0.25, 0.3) is 0 Å². The predicted octanol–water partition coefficient (Wildman–Crippen LogP) is 4.42. The third kappa shape index (κ3) is 7.67. The fourth-order valence-electron chi connectivity index (χ4n) is 3.51. The van der Waals surface area contributed by atoms with Crippen LogP contribution in [0.4, 0.5) is 0 Å². The van der Waals surface area contributed by atoms with E-state index in [1.54, 1.807) is 12.1 Å². The van der Waals surface area contributed by atoms with Crippen molar-refractivity contribution < 1.29 is 14.6 Å². The van der Waals surface area contributed by atoms with Crippen LogP contribution in [0.15, 0.2) is 84.9 Å². The molecule has 31 heavy (non-hydrogen) atoms. The zero-order valence-electron chi connectivity index (χ0n) is 18.1. The zero-order valence-corrected chi connectivity index (χ0v) is 18.1. The summed E-state index contributed by atoms with van der Waals surface area (Å²) >= 11 is 0. The fraction of sp³-hybridized carbons (Fsp3) is 0.296. The maximum atomic E-state index is 12.7. The van der Waals surface area contributed by atoms with Crippen LogP contribution in [0.1, 0.15) is 27.9 Å². The number of ketones is 1. The number of ether oxygens (including phenoxy) is 1. The van der Waals surface area contributed by atoms with Gasteiger partial charge < -0.3 is 14.7 Å². The highest BCUT2D eigenvalue weighted by Gasteiger charge is 2.15. The van der Waals surface area contributed by atoms with Gasteiger partial charge in [0.05, 0.1) is 5.56 Å². The van der Waals surface area contributed by atoms with Crippen molar-refractivity contribution in [1.29, 1.82) is 0 Å². The average molecular weight is 418 g/mol. The van der Waals surface area contributed by atoms with E-state index in [1.165, 1.54) is 5.56 Å². The van der Waals surface area contributed by atoms with Crippen LogP contribution in [0.25, 0.3) is 0 Å². The van der Waals surface area contributed by atoms with Gasteiger partial charge in [-0.25, -0.2) is 0 Å². The number of para-hydroxylation sites is 1. The number of aliphatic hydroxyl groups is 1. The van der Waals surface area contributed by atoms with Crippen molar-refractivity contribution in [2.24, 2.45) is 0 Å². The molecule has 3 rings (SSSR count). The van der Waals surface area contributed by atoms with Crippen LogP contribution in [-0.2, 0) is 12.8 Å². The second kappa shape index (κ2) is 12.0. The van der Waals surface area contributed by atoms with Crippen LogP contribution in [-0.4, -0.2) is 48.6 Å². The predicted molar refractivity (Wildman–Crippen MR) is 125 cm³/mol. The van der Waals surface area contributed by atoms with Gasteiger partial charge >= 0.3 is 0 Å². The highest BCUT2D eigenvalue weighted by atomic mass is 16.5. The van der Waals surface area contributed by atoms with Gasteiger partial charge in [-0.1, -0.05) is 72.8 Å². The summed E-state index contributed by atoms with van der Waals surface area (Å²) in [4.78, 5) is 14.8. The van der Waals surface area contributed by atoms with Gasteiger partial charge in [-0.3, -0.25) is 4.79 Å². The van der Waals surface area contributed by atoms with E-state index in [9.17, 15) is 9.90 Å². The Morgan fingerprint density at radius 3 is 2.13 bits per heavy atom. The highest BCUT2D eigenvalue weighted by Crippen LogP contribution is 2.21. The second-order valence-electron chi connectivity index (χ2n) is 7.87. The van der Waals surface area contributed by atoms with Crippen LogP contribution in [0.2, 0.25) is 0 Å². The van der Waals surface area contributed by atoms with Crippen molar-refractivity contribution in [3.05, 3.63) is 102 Å². The first-order valence-corrected chi connectivity index (χ1v) is 10.8. The number of aliphatic hydroxyl groups excluding tert-OH is 1. The number of carbonyl (C=O) groups is 1. The summed E-state index contributed by atoms with van der Waals surface area (Å²) in [6.45, 7) is 1.52. The Bertz CT molecular complexity index is 927. The summed E-state index contributed by atoms with van der Waals surface area (Å²) in [7, 11) is 1.99. The molecule has 0 amide bonds. The molecule has 0 aliphatic heterocycles. The van der Waals surface area contributed by atoms with E-state index in [-0.39, 0.29) is 12.4 Å². The molecule has 0 fully saturated rings. The molecule has 0 bridgehead atoms. The molecule has 0 heterocycles. The molecule has 0 aliphatic carbocycles. The second-order valence-corrected chi connectivity index (χ2v) is 7.87. The Balaban J connectivity index is 1.46. The Morgan fingerprint density at radius 2 is 1.45 bits per heavy atom. The van der Waals surface area contributed by atoms with Crippen LogP contribution in [0.3, 0.4) is 0 Å². The maximum absolute atomic E-state index is 12.7. The monoisotopic (exact) mass is 417 g/mol. The lowest BCUT2D eigenvalue weighted by Gasteiger charge is -2.21. The smallest absolute Gasteiger partial charge is 0.166 e. The normalized spacial score (nSPS) is 12.0. The first-order valence-electron chi connectivity index (χ1n) is 10.8. The van der Waals surface area contributed by atoms with Crippen molar-refractivity contribution in [2.45, 2.75) is 25.4 Å². The van der Waals surface area contributed by atoms with Crippen LogP contribution >= 0.6 is 0 Å². The molecule has 0 radical (unpaired) electrons. The van der Waals surface area contributed by atoms with Crippen LogP contribution in [0, 0.1) is 0 Å². The van der Waals surface area contributed by atoms with E-state index >= 15 is 0 Å². The molecular formula is C27H31NO3. The van der Waals surface area contributed by atoms with E-state index in [2.05, 4.69) is 17.0 Å².